The fourth-order valence-electron chi connectivity index (χ4n) is 3.05. The Hall–Kier alpha value is -0.220. The van der Waals surface area contributed by atoms with E-state index in [4.69, 9.17) is 5.73 Å². The van der Waals surface area contributed by atoms with Crippen LogP contribution >= 0.6 is 0 Å². The van der Waals surface area contributed by atoms with Gasteiger partial charge >= 0.3 is 0 Å². The maximum absolute atomic E-state index is 13.2. The molecule has 1 heterocycles. The summed E-state index contributed by atoms with van der Waals surface area (Å²) >= 11 is 0. The van der Waals surface area contributed by atoms with Crippen molar-refractivity contribution < 1.29 is 8.78 Å². The molecule has 1 aliphatic heterocycles. The van der Waals surface area contributed by atoms with Crippen LogP contribution in [-0.2, 0) is 0 Å². The molecule has 2 nitrogen and oxygen atoms in total. The van der Waals surface area contributed by atoms with Gasteiger partial charge in [0.25, 0.3) is 0 Å². The molecule has 2 fully saturated rings. The lowest BCUT2D eigenvalue weighted by atomic mass is 9.86. The topological polar surface area (TPSA) is 29.3 Å². The third kappa shape index (κ3) is 3.39. The van der Waals surface area contributed by atoms with E-state index in [1.54, 1.807) is 0 Å². The summed E-state index contributed by atoms with van der Waals surface area (Å²) in [5.41, 5.74) is 5.89. The number of alkyl halides is 2. The minimum atomic E-state index is -2.42. The van der Waals surface area contributed by atoms with Crippen LogP contribution in [0.5, 0.6) is 0 Å². The van der Waals surface area contributed by atoms with Crippen molar-refractivity contribution in [2.45, 2.75) is 50.5 Å². The Labute approximate surface area is 96.2 Å². The van der Waals surface area contributed by atoms with Crippen LogP contribution in [0.3, 0.4) is 0 Å². The van der Waals surface area contributed by atoms with Gasteiger partial charge in [-0.3, -0.25) is 0 Å². The summed E-state index contributed by atoms with van der Waals surface area (Å²) < 4.78 is 26.5. The Balaban J connectivity index is 1.80. The first kappa shape index (κ1) is 12.2. The van der Waals surface area contributed by atoms with Crippen molar-refractivity contribution in [1.82, 2.24) is 4.90 Å². The second kappa shape index (κ2) is 4.96. The first-order valence-corrected chi connectivity index (χ1v) is 6.41. The van der Waals surface area contributed by atoms with Crippen molar-refractivity contribution >= 4 is 0 Å². The van der Waals surface area contributed by atoms with Crippen LogP contribution in [0.2, 0.25) is 0 Å². The Morgan fingerprint density at radius 1 is 1.25 bits per heavy atom. The maximum atomic E-state index is 13.2. The van der Waals surface area contributed by atoms with Gasteiger partial charge in [-0.2, -0.15) is 0 Å². The molecule has 0 spiro atoms. The van der Waals surface area contributed by atoms with Gasteiger partial charge in [-0.15, -0.1) is 0 Å². The number of piperidine rings is 1. The molecule has 1 aliphatic carbocycles. The van der Waals surface area contributed by atoms with Gasteiger partial charge in [-0.1, -0.05) is 0 Å². The minimum absolute atomic E-state index is 0.0821. The van der Waals surface area contributed by atoms with Gasteiger partial charge in [0.15, 0.2) is 0 Å². The third-order valence-electron chi connectivity index (χ3n) is 3.80. The quantitative estimate of drug-likeness (QED) is 0.791. The smallest absolute Gasteiger partial charge is 0.248 e. The molecule has 0 bridgehead atoms. The van der Waals surface area contributed by atoms with E-state index in [2.05, 4.69) is 4.90 Å². The molecule has 2 unspecified atom stereocenters. The molecule has 0 amide bonds. The molecule has 16 heavy (non-hydrogen) atoms. The largest absolute Gasteiger partial charge is 0.327 e. The van der Waals surface area contributed by atoms with E-state index in [1.807, 2.05) is 0 Å². The Morgan fingerprint density at radius 2 is 2.06 bits per heavy atom. The average Bonchev–Trinajstić information content (AvgIpc) is 2.15. The summed E-state index contributed by atoms with van der Waals surface area (Å²) in [7, 11) is 0. The fourth-order valence-corrected chi connectivity index (χ4v) is 3.05. The molecule has 2 rings (SSSR count). The highest BCUT2D eigenvalue weighted by Gasteiger charge is 2.36. The average molecular weight is 232 g/mol. The zero-order valence-corrected chi connectivity index (χ0v) is 9.80. The van der Waals surface area contributed by atoms with Crippen molar-refractivity contribution in [2.24, 2.45) is 11.7 Å². The predicted molar refractivity (Wildman–Crippen MR) is 60.6 cm³/mol. The summed E-state index contributed by atoms with van der Waals surface area (Å²) in [6.07, 6.45) is 4.00. The maximum Gasteiger partial charge on any atom is 0.248 e. The van der Waals surface area contributed by atoms with Crippen molar-refractivity contribution in [3.63, 3.8) is 0 Å². The molecule has 2 atom stereocenters. The molecule has 2 aliphatic rings. The van der Waals surface area contributed by atoms with Crippen molar-refractivity contribution in [3.05, 3.63) is 0 Å². The molecule has 2 N–H and O–H groups in total. The highest BCUT2D eigenvalue weighted by Crippen LogP contribution is 2.37. The van der Waals surface area contributed by atoms with Crippen molar-refractivity contribution in [1.29, 1.82) is 0 Å². The van der Waals surface area contributed by atoms with E-state index in [-0.39, 0.29) is 24.8 Å². The van der Waals surface area contributed by atoms with Crippen LogP contribution in [0.25, 0.3) is 0 Å². The van der Waals surface area contributed by atoms with Crippen LogP contribution in [0.1, 0.15) is 38.5 Å². The molecular weight excluding hydrogens is 210 g/mol. The third-order valence-corrected chi connectivity index (χ3v) is 3.80. The lowest BCUT2D eigenvalue weighted by Crippen LogP contribution is -2.45. The molecule has 1 saturated carbocycles. The second-order valence-electron chi connectivity index (χ2n) is 5.48. The molecule has 94 valence electrons. The SMILES string of the molecule is NC1CCCN(CC2CCCC(F)(F)C2)C1. The summed E-state index contributed by atoms with van der Waals surface area (Å²) in [6, 6.07) is 0.248. The molecule has 0 aromatic carbocycles. The molecule has 1 saturated heterocycles. The highest BCUT2D eigenvalue weighted by atomic mass is 19.3. The van der Waals surface area contributed by atoms with E-state index in [1.165, 1.54) is 0 Å². The van der Waals surface area contributed by atoms with E-state index in [0.717, 1.165) is 38.9 Å². The molecule has 0 radical (unpaired) electrons. The van der Waals surface area contributed by atoms with Gasteiger partial charge in [0.05, 0.1) is 0 Å². The van der Waals surface area contributed by atoms with E-state index in [0.29, 0.717) is 6.42 Å². The van der Waals surface area contributed by atoms with E-state index >= 15 is 0 Å². The molecular formula is C12H22F2N2. The van der Waals surface area contributed by atoms with Crippen LogP contribution in [0, 0.1) is 5.92 Å². The monoisotopic (exact) mass is 232 g/mol. The van der Waals surface area contributed by atoms with Crippen molar-refractivity contribution in [2.75, 3.05) is 19.6 Å². The Kier molecular flexibility index (Phi) is 3.80. The lowest BCUT2D eigenvalue weighted by molar-refractivity contribution is -0.0576. The number of hydrogen-bond acceptors (Lipinski definition) is 2. The number of rotatable bonds is 2. The zero-order valence-electron chi connectivity index (χ0n) is 9.80. The van der Waals surface area contributed by atoms with Crippen molar-refractivity contribution in [3.8, 4) is 0 Å². The first-order chi connectivity index (χ1) is 7.55. The van der Waals surface area contributed by atoms with Crippen LogP contribution < -0.4 is 5.73 Å². The normalized spacial score (nSPS) is 36.2. The summed E-state index contributed by atoms with van der Waals surface area (Å²) in [6.45, 7) is 2.75. The first-order valence-electron chi connectivity index (χ1n) is 6.41. The Morgan fingerprint density at radius 3 is 2.75 bits per heavy atom. The van der Waals surface area contributed by atoms with Gasteiger partial charge in [0.2, 0.25) is 5.92 Å². The lowest BCUT2D eigenvalue weighted by Gasteiger charge is -2.36. The van der Waals surface area contributed by atoms with E-state index in [9.17, 15) is 8.78 Å². The van der Waals surface area contributed by atoms with Gasteiger partial charge in [0, 0.05) is 32.0 Å². The summed E-state index contributed by atoms with van der Waals surface area (Å²) in [5, 5.41) is 0. The van der Waals surface area contributed by atoms with Gasteiger partial charge in [-0.05, 0) is 38.1 Å². The second-order valence-corrected chi connectivity index (χ2v) is 5.48. The number of halogens is 2. The number of likely N-dealkylation sites (tertiary alicyclic amines) is 1. The highest BCUT2D eigenvalue weighted by molar-refractivity contribution is 4.83. The summed E-state index contributed by atoms with van der Waals surface area (Å²) in [4.78, 5) is 2.28. The van der Waals surface area contributed by atoms with Gasteiger partial charge in [0.1, 0.15) is 0 Å². The Bertz CT molecular complexity index is 233. The van der Waals surface area contributed by atoms with Gasteiger partial charge in [-0.25, -0.2) is 8.78 Å². The molecule has 0 aromatic rings. The number of nitrogens with two attached hydrogens (primary N) is 1. The van der Waals surface area contributed by atoms with Crippen LogP contribution in [0.15, 0.2) is 0 Å². The van der Waals surface area contributed by atoms with Crippen LogP contribution in [0.4, 0.5) is 8.78 Å². The van der Waals surface area contributed by atoms with Gasteiger partial charge < -0.3 is 10.6 Å². The zero-order chi connectivity index (χ0) is 11.6. The number of hydrogen-bond donors (Lipinski definition) is 1. The summed E-state index contributed by atoms with van der Waals surface area (Å²) in [5.74, 6) is -2.24. The molecule has 4 heteroatoms. The molecule has 0 aromatic heterocycles. The standard InChI is InChI=1S/C12H22F2N2/c13-12(14)5-1-3-10(7-12)8-16-6-2-4-11(15)9-16/h10-11H,1-9,15H2. The fraction of sp³-hybridized carbons (Fsp3) is 1.00. The van der Waals surface area contributed by atoms with E-state index < -0.39 is 5.92 Å². The predicted octanol–water partition coefficient (Wildman–Crippen LogP) is 2.24. The number of nitrogens with zero attached hydrogens (tertiary/aromatic N) is 1. The van der Waals surface area contributed by atoms with Crippen LogP contribution in [-0.4, -0.2) is 36.5 Å². The minimum Gasteiger partial charge on any atom is -0.327 e.